The number of halogens is 1. The Hall–Kier alpha value is 0.690. The number of hydrogen-bond acceptors (Lipinski definition) is 1. The van der Waals surface area contributed by atoms with E-state index < -0.39 is 0 Å². The van der Waals surface area contributed by atoms with Gasteiger partial charge in [0.15, 0.2) is 0 Å². The van der Waals surface area contributed by atoms with Crippen molar-refractivity contribution in [3.8, 4) is 0 Å². The Labute approximate surface area is 269 Å². The van der Waals surface area contributed by atoms with E-state index in [1.54, 1.807) is 0 Å². The minimum Gasteiger partial charge on any atom is -0.248 e. The third-order valence-electron chi connectivity index (χ3n) is 9.93. The van der Waals surface area contributed by atoms with E-state index in [-0.39, 0.29) is 0 Å². The molecule has 0 aromatic rings. The Morgan fingerprint density at radius 3 is 1.00 bits per heavy atom. The Morgan fingerprint density at radius 1 is 0.400 bits per heavy atom. The highest BCUT2D eigenvalue weighted by molar-refractivity contribution is 14.1. The molecule has 0 bridgehead atoms. The van der Waals surface area contributed by atoms with Crippen LogP contribution in [-0.4, -0.2) is 16.2 Å². The van der Waals surface area contributed by atoms with Crippen LogP contribution < -0.4 is 0 Å². The molecular formula is C38H76IN. The Balaban J connectivity index is 2.45. The molecule has 0 N–H and O–H groups in total. The second kappa shape index (κ2) is 31.1. The molecule has 0 aromatic carbocycles. The van der Waals surface area contributed by atoms with E-state index in [9.17, 15) is 0 Å². The van der Waals surface area contributed by atoms with Crippen molar-refractivity contribution in [1.82, 2.24) is 3.11 Å². The summed E-state index contributed by atoms with van der Waals surface area (Å²) in [7, 11) is 0. The van der Waals surface area contributed by atoms with Gasteiger partial charge in [0.1, 0.15) is 0 Å². The fourth-order valence-electron chi connectivity index (χ4n) is 7.12. The van der Waals surface area contributed by atoms with Crippen LogP contribution in [0.25, 0.3) is 0 Å². The van der Waals surface area contributed by atoms with Crippen LogP contribution in [0.2, 0.25) is 0 Å². The highest BCUT2D eigenvalue weighted by Gasteiger charge is 2.12. The van der Waals surface area contributed by atoms with Gasteiger partial charge in [-0.25, -0.2) is 3.11 Å². The molecule has 2 heteroatoms. The summed E-state index contributed by atoms with van der Waals surface area (Å²) in [6.45, 7) is 7.34. The predicted octanol–water partition coefficient (Wildman–Crippen LogP) is 14.4. The molecule has 1 aliphatic heterocycles. The second-order valence-electron chi connectivity index (χ2n) is 13.9. The van der Waals surface area contributed by atoms with Crippen molar-refractivity contribution in [1.29, 1.82) is 0 Å². The average molecular weight is 674 g/mol. The third kappa shape index (κ3) is 26.3. The van der Waals surface area contributed by atoms with Crippen LogP contribution in [-0.2, 0) is 0 Å². The first-order valence-corrected chi connectivity index (χ1v) is 20.1. The fraction of sp³-hybridized carbons (Fsp3) is 1.00. The van der Waals surface area contributed by atoms with Gasteiger partial charge in [0.05, 0.1) is 0 Å². The molecule has 40 heavy (non-hydrogen) atoms. The first-order chi connectivity index (χ1) is 19.8. The molecule has 0 saturated carbocycles. The van der Waals surface area contributed by atoms with Gasteiger partial charge in [-0.2, -0.15) is 0 Å². The number of nitrogens with zero attached hydrogens (tertiary/aromatic N) is 1. The fourth-order valence-corrected chi connectivity index (χ4v) is 7.80. The van der Waals surface area contributed by atoms with Crippen molar-refractivity contribution in [2.24, 2.45) is 11.8 Å². The molecule has 0 amide bonds. The molecule has 2 unspecified atom stereocenters. The highest BCUT2D eigenvalue weighted by Crippen LogP contribution is 2.28. The van der Waals surface area contributed by atoms with Crippen LogP contribution in [0.1, 0.15) is 219 Å². The molecule has 1 fully saturated rings. The minimum atomic E-state index is 1.03. The van der Waals surface area contributed by atoms with Crippen LogP contribution in [0.4, 0.5) is 0 Å². The molecule has 1 saturated heterocycles. The van der Waals surface area contributed by atoms with Gasteiger partial charge in [0.25, 0.3) is 0 Å². The van der Waals surface area contributed by atoms with Gasteiger partial charge in [-0.1, -0.05) is 206 Å². The van der Waals surface area contributed by atoms with Crippen molar-refractivity contribution in [3.63, 3.8) is 0 Å². The van der Waals surface area contributed by atoms with Gasteiger partial charge in [-0.15, -0.1) is 0 Å². The number of rotatable bonds is 8. The first kappa shape index (κ1) is 38.7. The topological polar surface area (TPSA) is 3.24 Å². The zero-order valence-corrected chi connectivity index (χ0v) is 30.2. The van der Waals surface area contributed by atoms with Gasteiger partial charge >= 0.3 is 0 Å². The minimum absolute atomic E-state index is 1.03. The van der Waals surface area contributed by atoms with Crippen LogP contribution >= 0.6 is 22.9 Å². The lowest BCUT2D eigenvalue weighted by Gasteiger charge is -2.19. The van der Waals surface area contributed by atoms with Gasteiger partial charge in [-0.3, -0.25) is 0 Å². The van der Waals surface area contributed by atoms with Gasteiger partial charge < -0.3 is 0 Å². The van der Waals surface area contributed by atoms with E-state index in [4.69, 9.17) is 0 Å². The largest absolute Gasteiger partial charge is 0.248 e. The van der Waals surface area contributed by atoms with Crippen molar-refractivity contribution < 1.29 is 0 Å². The molecule has 240 valence electrons. The van der Waals surface area contributed by atoms with Crippen molar-refractivity contribution in [2.45, 2.75) is 219 Å². The van der Waals surface area contributed by atoms with Crippen molar-refractivity contribution >= 4 is 22.9 Å². The maximum Gasteiger partial charge on any atom is 0.0201 e. The van der Waals surface area contributed by atoms with Crippen LogP contribution in [0, 0.1) is 11.8 Å². The second-order valence-corrected chi connectivity index (χ2v) is 15.2. The zero-order valence-electron chi connectivity index (χ0n) is 28.0. The molecule has 0 radical (unpaired) electrons. The highest BCUT2D eigenvalue weighted by atomic mass is 127. The standard InChI is InChI=1S/C38H76IN/c1-3-5-21-29-37-31-23-17-13-9-7-11-15-19-27-35-40(39)36-28-20-16-12-8-10-14-18-24-32-38(30-22-6-4-2)34-26-25-33-37/h37-38H,3-36H2,1-2H3. The summed E-state index contributed by atoms with van der Waals surface area (Å²) in [5.74, 6) is 2.05. The van der Waals surface area contributed by atoms with Crippen LogP contribution in [0.5, 0.6) is 0 Å². The summed E-state index contributed by atoms with van der Waals surface area (Å²) in [5, 5.41) is 0. The quantitative estimate of drug-likeness (QED) is 0.141. The maximum atomic E-state index is 2.59. The van der Waals surface area contributed by atoms with E-state index in [1.165, 1.54) is 219 Å². The van der Waals surface area contributed by atoms with Gasteiger partial charge in [0.2, 0.25) is 0 Å². The Morgan fingerprint density at radius 2 is 0.675 bits per heavy atom. The predicted molar refractivity (Wildman–Crippen MR) is 192 cm³/mol. The lowest BCUT2D eigenvalue weighted by molar-refractivity contribution is 0.339. The summed E-state index contributed by atoms with van der Waals surface area (Å²) >= 11 is 2.59. The number of unbranched alkanes of at least 4 members (excludes halogenated alkanes) is 4. The molecule has 1 nitrogen and oxygen atoms in total. The number of hydrogen-bond donors (Lipinski definition) is 0. The van der Waals surface area contributed by atoms with Crippen LogP contribution in [0.15, 0.2) is 0 Å². The van der Waals surface area contributed by atoms with E-state index in [0.29, 0.717) is 0 Å². The summed E-state index contributed by atoms with van der Waals surface area (Å²) in [5.41, 5.74) is 0. The smallest absolute Gasteiger partial charge is 0.0201 e. The maximum absolute atomic E-state index is 2.59. The van der Waals surface area contributed by atoms with Crippen LogP contribution in [0.3, 0.4) is 0 Å². The molecular weight excluding hydrogens is 597 g/mol. The van der Waals surface area contributed by atoms with E-state index >= 15 is 0 Å². The summed E-state index contributed by atoms with van der Waals surface area (Å²) in [6, 6.07) is 0. The molecule has 1 aliphatic rings. The average Bonchev–Trinajstić information content (AvgIpc) is 2.95. The lowest BCUT2D eigenvalue weighted by Crippen LogP contribution is -2.14. The lowest BCUT2D eigenvalue weighted by atomic mass is 9.87. The SMILES string of the molecule is CCCCCC1CCCCCCCCCCCN(I)CCCCCCCCCCCC(CCCCC)CCCC1. The van der Waals surface area contributed by atoms with Gasteiger partial charge in [0, 0.05) is 36.0 Å². The van der Waals surface area contributed by atoms with E-state index in [0.717, 1.165) is 11.8 Å². The van der Waals surface area contributed by atoms with E-state index in [1.807, 2.05) is 0 Å². The molecule has 1 rings (SSSR count). The summed E-state index contributed by atoms with van der Waals surface area (Å²) < 4.78 is 2.57. The summed E-state index contributed by atoms with van der Waals surface area (Å²) in [6.07, 6.45) is 47.2. The molecule has 0 aromatic heterocycles. The Bertz CT molecular complexity index is 438. The Kier molecular flexibility index (Phi) is 30.1. The van der Waals surface area contributed by atoms with Crippen molar-refractivity contribution in [3.05, 3.63) is 0 Å². The zero-order chi connectivity index (χ0) is 28.8. The normalized spacial score (nSPS) is 25.0. The monoisotopic (exact) mass is 674 g/mol. The molecule has 0 spiro atoms. The van der Waals surface area contributed by atoms with Gasteiger partial charge in [-0.05, 0) is 24.7 Å². The third-order valence-corrected chi connectivity index (χ3v) is 10.9. The first-order valence-electron chi connectivity index (χ1n) is 19.2. The van der Waals surface area contributed by atoms with Crippen molar-refractivity contribution in [2.75, 3.05) is 13.1 Å². The molecule has 1 heterocycles. The van der Waals surface area contributed by atoms with E-state index in [2.05, 4.69) is 39.8 Å². The summed E-state index contributed by atoms with van der Waals surface area (Å²) in [4.78, 5) is 0. The molecule has 0 aliphatic carbocycles. The molecule has 2 atom stereocenters.